The molecule has 326 valence electrons. The largest absolute Gasteiger partial charge is 0.298 e. The van der Waals surface area contributed by atoms with E-state index in [4.69, 9.17) is 0 Å². The third-order valence-corrected chi connectivity index (χ3v) is 11.7. The van der Waals surface area contributed by atoms with Gasteiger partial charge in [-0.05, 0) is 106 Å². The van der Waals surface area contributed by atoms with Gasteiger partial charge in [0.25, 0.3) is 0 Å². The number of aryl methyl sites for hydroxylation is 1. The predicted molar refractivity (Wildman–Crippen MR) is 273 cm³/mol. The fourth-order valence-corrected chi connectivity index (χ4v) is 8.47. The van der Waals surface area contributed by atoms with Gasteiger partial charge in [0, 0.05) is 83.8 Å². The van der Waals surface area contributed by atoms with E-state index in [1.165, 1.54) is 44.5 Å². The Bertz CT molecular complexity index is 3270. The summed E-state index contributed by atoms with van der Waals surface area (Å²) in [5.41, 5.74) is 16.5. The van der Waals surface area contributed by atoms with Crippen molar-refractivity contribution in [3.8, 4) is 55.9 Å². The molecule has 0 saturated heterocycles. The van der Waals surface area contributed by atoms with E-state index in [2.05, 4.69) is 175 Å². The number of hydrogen-bond donors (Lipinski definition) is 0. The topological polar surface area (TPSA) is 94.4 Å². The minimum absolute atomic E-state index is 0. The molecule has 0 fully saturated rings. The van der Waals surface area contributed by atoms with Gasteiger partial charge in [0.1, 0.15) is 6.29 Å². The molecule has 0 unspecified atom stereocenters. The number of aromatic nitrogens is 6. The van der Waals surface area contributed by atoms with Gasteiger partial charge in [-0.25, -0.2) is 0 Å². The molecule has 0 N–H and O–H groups in total. The first-order valence-electron chi connectivity index (χ1n) is 22.0. The number of hydrogen-bond acceptors (Lipinski definition) is 7. The van der Waals surface area contributed by atoms with Gasteiger partial charge in [0.15, 0.2) is 0 Å². The van der Waals surface area contributed by atoms with Crippen molar-refractivity contribution in [3.63, 3.8) is 0 Å². The van der Waals surface area contributed by atoms with Gasteiger partial charge in [-0.3, -0.25) is 34.7 Å². The third-order valence-electron chi connectivity index (χ3n) is 11.7. The molecule has 0 atom stereocenters. The van der Waals surface area contributed by atoms with Crippen molar-refractivity contribution < 1.29 is 24.3 Å². The van der Waals surface area contributed by atoms with Crippen LogP contribution < -0.4 is 0 Å². The second-order valence-corrected chi connectivity index (χ2v) is 15.9. The molecule has 68 heavy (non-hydrogen) atoms. The molecule has 0 aliphatic carbocycles. The first-order valence-corrected chi connectivity index (χ1v) is 22.0. The van der Waals surface area contributed by atoms with E-state index in [1.807, 2.05) is 68.1 Å². The maximum atomic E-state index is 10.6. The van der Waals surface area contributed by atoms with Crippen LogP contribution in [0.15, 0.2) is 231 Å². The van der Waals surface area contributed by atoms with Gasteiger partial charge in [-0.15, -0.1) is 0 Å². The average Bonchev–Trinajstić information content (AvgIpc) is 3.41. The fraction of sp³-hybridized carbons (Fsp3) is 0.0167. The van der Waals surface area contributed by atoms with Gasteiger partial charge in [0.2, 0.25) is 0 Å². The second kappa shape index (κ2) is 20.8. The molecule has 0 aliphatic rings. The van der Waals surface area contributed by atoms with Gasteiger partial charge >= 0.3 is 0 Å². The van der Waals surface area contributed by atoms with Crippen LogP contribution in [0, 0.1) is 6.92 Å². The molecule has 0 saturated carbocycles. The number of carbonyl (C=O) groups is 1. The zero-order valence-electron chi connectivity index (χ0n) is 37.0. The Hall–Kier alpha value is -8.45. The van der Waals surface area contributed by atoms with Crippen molar-refractivity contribution in [2.45, 2.75) is 6.92 Å². The molecule has 0 bridgehead atoms. The first kappa shape index (κ1) is 44.7. The van der Waals surface area contributed by atoms with E-state index < -0.39 is 0 Å². The summed E-state index contributed by atoms with van der Waals surface area (Å²) in [6, 6.07) is 66.0. The van der Waals surface area contributed by atoms with Crippen LogP contribution in [-0.4, -0.2) is 36.2 Å². The maximum absolute atomic E-state index is 10.6. The Labute approximate surface area is 407 Å². The molecule has 8 heteroatoms. The standard InChI is InChI=1S/2C24H16N2.C12H10N2O.Ru/c2*1-3-7-17(8-4-1)19-13-15-25-23-21(19)11-12-22-20(14-16-26-24(22)23)18-9-5-2-6-10-18;1-9-2-4-13-11(6-9)12-7-10(8-15)3-5-14-12;/h2*1-16H;2-8H,1H3;. The summed E-state index contributed by atoms with van der Waals surface area (Å²) >= 11 is 0. The predicted octanol–water partition coefficient (Wildman–Crippen LogP) is 14.5. The van der Waals surface area contributed by atoms with Crippen molar-refractivity contribution in [2.24, 2.45) is 0 Å². The van der Waals surface area contributed by atoms with E-state index in [1.54, 1.807) is 24.5 Å². The Morgan fingerprint density at radius 1 is 0.324 bits per heavy atom. The van der Waals surface area contributed by atoms with Crippen LogP contribution in [0.1, 0.15) is 15.9 Å². The van der Waals surface area contributed by atoms with Crippen LogP contribution in [0.4, 0.5) is 0 Å². The summed E-state index contributed by atoms with van der Waals surface area (Å²) < 4.78 is 0. The number of rotatable bonds is 6. The third kappa shape index (κ3) is 9.45. The van der Waals surface area contributed by atoms with Crippen LogP contribution in [0.25, 0.3) is 99.5 Å². The molecular weight excluding hydrogens is 922 g/mol. The second-order valence-electron chi connectivity index (χ2n) is 15.9. The Kier molecular flexibility index (Phi) is 13.7. The summed E-state index contributed by atoms with van der Waals surface area (Å²) in [4.78, 5) is 37.7. The summed E-state index contributed by atoms with van der Waals surface area (Å²) in [5.74, 6) is 0. The van der Waals surface area contributed by atoms with E-state index in [0.717, 1.165) is 66.8 Å². The van der Waals surface area contributed by atoms with Gasteiger partial charge in [-0.2, -0.15) is 0 Å². The van der Waals surface area contributed by atoms with E-state index in [0.29, 0.717) is 5.56 Å². The fourth-order valence-electron chi connectivity index (χ4n) is 8.47. The number of benzene rings is 6. The summed E-state index contributed by atoms with van der Waals surface area (Å²) in [6.07, 6.45) is 11.7. The molecule has 0 aliphatic heterocycles. The van der Waals surface area contributed by atoms with Crippen molar-refractivity contribution in [2.75, 3.05) is 0 Å². The van der Waals surface area contributed by atoms with Gasteiger partial charge in [-0.1, -0.05) is 146 Å². The zero-order valence-corrected chi connectivity index (χ0v) is 38.7. The van der Waals surface area contributed by atoms with Crippen LogP contribution in [-0.2, 0) is 19.5 Å². The van der Waals surface area contributed by atoms with Gasteiger partial charge in [0.05, 0.1) is 33.5 Å². The number of pyridine rings is 6. The number of aldehydes is 1. The molecule has 0 amide bonds. The van der Waals surface area contributed by atoms with E-state index in [-0.39, 0.29) is 19.5 Å². The van der Waals surface area contributed by atoms with Crippen LogP contribution >= 0.6 is 0 Å². The van der Waals surface area contributed by atoms with Crippen LogP contribution in [0.2, 0.25) is 0 Å². The summed E-state index contributed by atoms with van der Waals surface area (Å²) in [5, 5.41) is 4.51. The SMILES string of the molecule is Cc1ccnc(-c2cc(C=O)ccn2)c1.[Ru].c1ccc(-c2ccnc3c2ccc2c(-c4ccccc4)ccnc23)cc1.c1ccc(-c2ccnc3c2ccc2c(-c4ccccc4)ccnc23)cc1. The Morgan fingerprint density at radius 3 is 0.926 bits per heavy atom. The Morgan fingerprint density at radius 2 is 0.618 bits per heavy atom. The molecule has 0 spiro atoms. The normalized spacial score (nSPS) is 10.7. The minimum Gasteiger partial charge on any atom is -0.298 e. The molecule has 7 nitrogen and oxygen atoms in total. The van der Waals surface area contributed by atoms with Crippen LogP contribution in [0.3, 0.4) is 0 Å². The molecule has 12 rings (SSSR count). The molecule has 0 radical (unpaired) electrons. The van der Waals surface area contributed by atoms with Crippen molar-refractivity contribution in [1.82, 2.24) is 29.9 Å². The molecule has 6 aromatic heterocycles. The van der Waals surface area contributed by atoms with E-state index >= 15 is 0 Å². The van der Waals surface area contributed by atoms with E-state index in [9.17, 15) is 4.79 Å². The molecule has 6 aromatic carbocycles. The number of fused-ring (bicyclic) bond motifs is 6. The molecular formula is C60H42N6ORu. The summed E-state index contributed by atoms with van der Waals surface area (Å²) in [7, 11) is 0. The van der Waals surface area contributed by atoms with Gasteiger partial charge < -0.3 is 0 Å². The first-order chi connectivity index (χ1) is 33.1. The molecule has 12 aromatic rings. The smallest absolute Gasteiger partial charge is 0.150 e. The number of nitrogens with zero attached hydrogens (tertiary/aromatic N) is 6. The van der Waals surface area contributed by atoms with Crippen LogP contribution in [0.5, 0.6) is 0 Å². The van der Waals surface area contributed by atoms with Crippen molar-refractivity contribution in [3.05, 3.63) is 242 Å². The van der Waals surface area contributed by atoms with Crippen molar-refractivity contribution in [1.29, 1.82) is 0 Å². The summed E-state index contributed by atoms with van der Waals surface area (Å²) in [6.45, 7) is 1.99. The average molecular weight is 964 g/mol. The number of carbonyl (C=O) groups excluding carboxylic acids is 1. The minimum atomic E-state index is 0. The Balaban J connectivity index is 0.000000132. The zero-order chi connectivity index (χ0) is 45.4. The monoisotopic (exact) mass is 964 g/mol. The maximum Gasteiger partial charge on any atom is 0.150 e. The quantitative estimate of drug-likeness (QED) is 0.0930. The van der Waals surface area contributed by atoms with Crippen molar-refractivity contribution >= 4 is 49.9 Å². The molecule has 6 heterocycles.